The molecule has 1 saturated heterocycles. The van der Waals surface area contributed by atoms with Gasteiger partial charge < -0.3 is 5.32 Å². The molecular weight excluding hydrogens is 372 g/mol. The molecule has 28 heavy (non-hydrogen) atoms. The fraction of sp³-hybridized carbons (Fsp3) is 0.409. The maximum atomic E-state index is 12.9. The van der Waals surface area contributed by atoms with Crippen molar-refractivity contribution < 1.29 is 13.2 Å². The lowest BCUT2D eigenvalue weighted by molar-refractivity contribution is 0.0953. The summed E-state index contributed by atoms with van der Waals surface area (Å²) in [6.45, 7) is 1.66. The quantitative estimate of drug-likeness (QED) is 0.722. The Bertz CT molecular complexity index is 874. The van der Waals surface area contributed by atoms with E-state index < -0.39 is 10.0 Å². The van der Waals surface area contributed by atoms with Crippen LogP contribution in [0.4, 0.5) is 0 Å². The lowest BCUT2D eigenvalue weighted by Crippen LogP contribution is -2.32. The van der Waals surface area contributed by atoms with Crippen LogP contribution < -0.4 is 5.32 Å². The number of amides is 1. The molecule has 2 aromatic carbocycles. The van der Waals surface area contributed by atoms with Crippen LogP contribution in [-0.4, -0.2) is 38.3 Å². The van der Waals surface area contributed by atoms with E-state index in [1.165, 1.54) is 11.6 Å². The predicted molar refractivity (Wildman–Crippen MR) is 111 cm³/mol. The molecule has 150 valence electrons. The maximum Gasteiger partial charge on any atom is 0.251 e. The minimum atomic E-state index is -3.55. The number of nitrogens with zero attached hydrogens (tertiary/aromatic N) is 1. The molecule has 1 amide bonds. The van der Waals surface area contributed by atoms with Gasteiger partial charge in [-0.2, -0.15) is 4.31 Å². The predicted octanol–water partition coefficient (Wildman–Crippen LogP) is 3.61. The van der Waals surface area contributed by atoms with Crippen LogP contribution in [0.15, 0.2) is 59.5 Å². The van der Waals surface area contributed by atoms with Gasteiger partial charge in [-0.1, -0.05) is 49.2 Å². The van der Waals surface area contributed by atoms with Crippen LogP contribution in [0.5, 0.6) is 0 Å². The Kier molecular flexibility index (Phi) is 7.23. The minimum Gasteiger partial charge on any atom is -0.352 e. The Morgan fingerprint density at radius 1 is 0.929 bits per heavy atom. The summed E-state index contributed by atoms with van der Waals surface area (Å²) in [6, 6.07) is 16.5. The molecule has 0 bridgehead atoms. The Morgan fingerprint density at radius 3 is 2.36 bits per heavy atom. The van der Waals surface area contributed by atoms with Crippen molar-refractivity contribution in [1.82, 2.24) is 9.62 Å². The van der Waals surface area contributed by atoms with E-state index in [0.29, 0.717) is 25.2 Å². The van der Waals surface area contributed by atoms with E-state index in [0.717, 1.165) is 38.5 Å². The topological polar surface area (TPSA) is 66.5 Å². The third kappa shape index (κ3) is 5.42. The van der Waals surface area contributed by atoms with E-state index in [-0.39, 0.29) is 10.8 Å². The van der Waals surface area contributed by atoms with Gasteiger partial charge in [0.2, 0.25) is 10.0 Å². The summed E-state index contributed by atoms with van der Waals surface area (Å²) in [5, 5.41) is 2.89. The van der Waals surface area contributed by atoms with Crippen molar-refractivity contribution in [1.29, 1.82) is 0 Å². The highest BCUT2D eigenvalue weighted by molar-refractivity contribution is 7.89. The van der Waals surface area contributed by atoms with Crippen LogP contribution in [0.1, 0.15) is 48.0 Å². The molecule has 2 aromatic rings. The number of nitrogens with one attached hydrogen (secondary N) is 1. The first kappa shape index (κ1) is 20.6. The van der Waals surface area contributed by atoms with Gasteiger partial charge in [-0.3, -0.25) is 4.79 Å². The minimum absolute atomic E-state index is 0.200. The molecule has 5 nitrogen and oxygen atoms in total. The molecule has 0 unspecified atom stereocenters. The summed E-state index contributed by atoms with van der Waals surface area (Å²) in [6.07, 6.45) is 5.64. The number of hydrogen-bond donors (Lipinski definition) is 1. The maximum absolute atomic E-state index is 12.9. The van der Waals surface area contributed by atoms with Gasteiger partial charge in [-0.25, -0.2) is 8.42 Å². The lowest BCUT2D eigenvalue weighted by atomic mass is 10.1. The summed E-state index contributed by atoms with van der Waals surface area (Å²) in [5.41, 5.74) is 1.62. The second kappa shape index (κ2) is 9.85. The van der Waals surface area contributed by atoms with Gasteiger partial charge in [-0.05, 0) is 49.4 Å². The number of aryl methyl sites for hydroxylation is 1. The normalized spacial score (nSPS) is 15.7. The zero-order chi connectivity index (χ0) is 19.8. The van der Waals surface area contributed by atoms with E-state index in [9.17, 15) is 13.2 Å². The zero-order valence-electron chi connectivity index (χ0n) is 16.1. The first-order valence-corrected chi connectivity index (χ1v) is 11.4. The number of carbonyl (C=O) groups excluding carboxylic acids is 1. The van der Waals surface area contributed by atoms with E-state index in [4.69, 9.17) is 0 Å². The Labute approximate surface area is 167 Å². The second-order valence-corrected chi connectivity index (χ2v) is 9.13. The molecule has 0 saturated carbocycles. The summed E-state index contributed by atoms with van der Waals surface area (Å²) in [7, 11) is -3.55. The van der Waals surface area contributed by atoms with Crippen molar-refractivity contribution in [3.8, 4) is 0 Å². The first-order chi connectivity index (χ1) is 13.6. The Balaban J connectivity index is 1.59. The number of sulfonamides is 1. The smallest absolute Gasteiger partial charge is 0.251 e. The lowest BCUT2D eigenvalue weighted by Gasteiger charge is -2.20. The number of hydrogen-bond acceptors (Lipinski definition) is 3. The number of benzene rings is 2. The van der Waals surface area contributed by atoms with Gasteiger partial charge in [0.05, 0.1) is 4.90 Å². The van der Waals surface area contributed by atoms with Gasteiger partial charge >= 0.3 is 0 Å². The van der Waals surface area contributed by atoms with Crippen LogP contribution >= 0.6 is 0 Å². The zero-order valence-corrected chi connectivity index (χ0v) is 17.0. The van der Waals surface area contributed by atoms with E-state index in [1.807, 2.05) is 18.2 Å². The molecule has 1 fully saturated rings. The van der Waals surface area contributed by atoms with Gasteiger partial charge in [0.25, 0.3) is 5.91 Å². The molecule has 0 aromatic heterocycles. The van der Waals surface area contributed by atoms with Gasteiger partial charge in [0.1, 0.15) is 0 Å². The van der Waals surface area contributed by atoms with E-state index >= 15 is 0 Å². The summed E-state index contributed by atoms with van der Waals surface area (Å²) < 4.78 is 27.4. The standard InChI is InChI=1S/C22H28N2O3S/c25-22(23-15-9-12-19-10-4-3-5-11-19)20-13-8-14-21(18-20)28(26,27)24-16-6-1-2-7-17-24/h3-5,8,10-11,13-14,18H,1-2,6-7,9,12,15-17H2,(H,23,25). The molecule has 1 aliphatic heterocycles. The average Bonchev–Trinajstić information content (AvgIpc) is 3.02. The third-order valence-electron chi connectivity index (χ3n) is 5.07. The molecule has 3 rings (SSSR count). The van der Waals surface area contributed by atoms with Gasteiger partial charge in [0.15, 0.2) is 0 Å². The molecule has 0 aliphatic carbocycles. The Morgan fingerprint density at radius 2 is 1.64 bits per heavy atom. The molecule has 1 aliphatic rings. The number of carbonyl (C=O) groups is 1. The highest BCUT2D eigenvalue weighted by Gasteiger charge is 2.25. The van der Waals surface area contributed by atoms with Gasteiger partial charge in [0, 0.05) is 25.2 Å². The van der Waals surface area contributed by atoms with Crippen molar-refractivity contribution in [3.63, 3.8) is 0 Å². The van der Waals surface area contributed by atoms with E-state index in [2.05, 4.69) is 17.4 Å². The second-order valence-electron chi connectivity index (χ2n) is 7.19. The average molecular weight is 401 g/mol. The van der Waals surface area contributed by atoms with E-state index in [1.54, 1.807) is 22.5 Å². The Hall–Kier alpha value is -2.18. The van der Waals surface area contributed by atoms with Crippen molar-refractivity contribution in [2.24, 2.45) is 0 Å². The van der Waals surface area contributed by atoms with Crippen LogP contribution in [0.25, 0.3) is 0 Å². The summed E-state index contributed by atoms with van der Waals surface area (Å²) in [5.74, 6) is -0.235. The van der Waals surface area contributed by atoms with Crippen molar-refractivity contribution >= 4 is 15.9 Å². The van der Waals surface area contributed by atoms with Crippen molar-refractivity contribution in [2.45, 2.75) is 43.4 Å². The molecule has 6 heteroatoms. The highest BCUT2D eigenvalue weighted by Crippen LogP contribution is 2.21. The molecule has 0 radical (unpaired) electrons. The van der Waals surface area contributed by atoms with Crippen molar-refractivity contribution in [3.05, 3.63) is 65.7 Å². The van der Waals surface area contributed by atoms with Crippen molar-refractivity contribution in [2.75, 3.05) is 19.6 Å². The molecule has 0 atom stereocenters. The largest absolute Gasteiger partial charge is 0.352 e. The van der Waals surface area contributed by atoms with Crippen LogP contribution in [0.2, 0.25) is 0 Å². The molecule has 0 spiro atoms. The van der Waals surface area contributed by atoms with Crippen LogP contribution in [-0.2, 0) is 16.4 Å². The van der Waals surface area contributed by atoms with Crippen LogP contribution in [0, 0.1) is 0 Å². The molecule has 1 heterocycles. The first-order valence-electron chi connectivity index (χ1n) is 10.00. The number of rotatable bonds is 7. The third-order valence-corrected chi connectivity index (χ3v) is 6.96. The fourth-order valence-corrected chi connectivity index (χ4v) is 5.03. The van der Waals surface area contributed by atoms with Crippen LogP contribution in [0.3, 0.4) is 0 Å². The summed E-state index contributed by atoms with van der Waals surface area (Å²) in [4.78, 5) is 12.6. The fourth-order valence-electron chi connectivity index (χ4n) is 3.47. The highest BCUT2D eigenvalue weighted by atomic mass is 32.2. The molecule has 1 N–H and O–H groups in total. The monoisotopic (exact) mass is 400 g/mol. The SMILES string of the molecule is O=C(NCCCc1ccccc1)c1cccc(S(=O)(=O)N2CCCCCC2)c1. The molecular formula is C22H28N2O3S. The summed E-state index contributed by atoms with van der Waals surface area (Å²) >= 11 is 0. The van der Waals surface area contributed by atoms with Gasteiger partial charge in [-0.15, -0.1) is 0 Å².